The van der Waals surface area contributed by atoms with Gasteiger partial charge in [0, 0.05) is 12.6 Å². The van der Waals surface area contributed by atoms with Gasteiger partial charge in [0.2, 0.25) is 0 Å². The van der Waals surface area contributed by atoms with E-state index in [1.807, 2.05) is 13.8 Å². The van der Waals surface area contributed by atoms with Crippen molar-refractivity contribution in [1.82, 2.24) is 9.80 Å². The summed E-state index contributed by atoms with van der Waals surface area (Å²) in [7, 11) is 0. The molecule has 2 heterocycles. The van der Waals surface area contributed by atoms with Gasteiger partial charge in [-0.1, -0.05) is 52.0 Å². The first-order valence-electron chi connectivity index (χ1n) is 12.1. The van der Waals surface area contributed by atoms with Crippen molar-refractivity contribution in [1.29, 1.82) is 0 Å². The minimum atomic E-state index is 0.635. The second-order valence-electron chi connectivity index (χ2n) is 9.29. The highest BCUT2D eigenvalue weighted by Gasteiger charge is 2.29. The molecule has 0 N–H and O–H groups in total. The van der Waals surface area contributed by atoms with E-state index in [9.17, 15) is 0 Å². The fourth-order valence-corrected chi connectivity index (χ4v) is 4.91. The first kappa shape index (κ1) is 23.4. The molecule has 0 bridgehead atoms. The monoisotopic (exact) mass is 386 g/mol. The standard InChI is InChI=1S/C24H40N2.C2H6/c1-19(2)22-7-5-21(6-8-22)9-14-25-15-10-23(11-16-25)24-12-17-26(18-13-24)20(3)4;1-2/h5-8,19-20,23-24H,9-18H2,1-4H3;1-2H3. The Hall–Kier alpha value is -0.860. The van der Waals surface area contributed by atoms with E-state index in [-0.39, 0.29) is 0 Å². The zero-order chi connectivity index (χ0) is 20.5. The van der Waals surface area contributed by atoms with E-state index < -0.39 is 0 Å². The molecule has 2 nitrogen and oxygen atoms in total. The molecular formula is C26H46N2. The number of hydrogen-bond acceptors (Lipinski definition) is 2. The van der Waals surface area contributed by atoms with Crippen molar-refractivity contribution in [3.05, 3.63) is 35.4 Å². The maximum atomic E-state index is 2.70. The van der Waals surface area contributed by atoms with Gasteiger partial charge < -0.3 is 9.80 Å². The van der Waals surface area contributed by atoms with E-state index in [2.05, 4.69) is 61.8 Å². The van der Waals surface area contributed by atoms with E-state index in [1.165, 1.54) is 76.0 Å². The Labute approximate surface area is 175 Å². The molecule has 1 aromatic rings. The smallest absolute Gasteiger partial charge is 0.00385 e. The summed E-state index contributed by atoms with van der Waals surface area (Å²) in [4.78, 5) is 5.37. The van der Waals surface area contributed by atoms with Gasteiger partial charge in [0.15, 0.2) is 0 Å². The number of likely N-dealkylation sites (tertiary alicyclic amines) is 2. The van der Waals surface area contributed by atoms with E-state index >= 15 is 0 Å². The minimum Gasteiger partial charge on any atom is -0.303 e. The summed E-state index contributed by atoms with van der Waals surface area (Å²) in [5, 5.41) is 0. The molecule has 28 heavy (non-hydrogen) atoms. The third-order valence-corrected chi connectivity index (χ3v) is 6.97. The van der Waals surface area contributed by atoms with Crippen molar-refractivity contribution in [2.45, 2.75) is 85.6 Å². The summed E-state index contributed by atoms with van der Waals surface area (Å²) in [6.45, 7) is 19.8. The van der Waals surface area contributed by atoms with Crippen molar-refractivity contribution in [2.24, 2.45) is 11.8 Å². The summed E-state index contributed by atoms with van der Waals surface area (Å²) in [6.07, 6.45) is 6.93. The highest BCUT2D eigenvalue weighted by molar-refractivity contribution is 5.24. The first-order chi connectivity index (χ1) is 13.5. The number of rotatable bonds is 6. The quantitative estimate of drug-likeness (QED) is 0.573. The number of benzene rings is 1. The maximum Gasteiger partial charge on any atom is 0.00385 e. The van der Waals surface area contributed by atoms with Crippen LogP contribution < -0.4 is 0 Å². The molecular weight excluding hydrogens is 340 g/mol. The highest BCUT2D eigenvalue weighted by Crippen LogP contribution is 2.33. The first-order valence-corrected chi connectivity index (χ1v) is 12.1. The molecule has 2 heteroatoms. The molecule has 0 aliphatic carbocycles. The van der Waals surface area contributed by atoms with Gasteiger partial charge >= 0.3 is 0 Å². The second kappa shape index (κ2) is 12.0. The average Bonchev–Trinajstić information content (AvgIpc) is 2.74. The average molecular weight is 387 g/mol. The lowest BCUT2D eigenvalue weighted by Crippen LogP contribution is -2.43. The molecule has 0 radical (unpaired) electrons. The molecule has 0 atom stereocenters. The van der Waals surface area contributed by atoms with Crippen LogP contribution in [0.1, 0.15) is 84.3 Å². The van der Waals surface area contributed by atoms with Gasteiger partial charge in [-0.15, -0.1) is 0 Å². The van der Waals surface area contributed by atoms with E-state index in [1.54, 1.807) is 0 Å². The molecule has 0 amide bonds. The van der Waals surface area contributed by atoms with Crippen LogP contribution in [-0.2, 0) is 6.42 Å². The largest absolute Gasteiger partial charge is 0.303 e. The van der Waals surface area contributed by atoms with Gasteiger partial charge in [0.1, 0.15) is 0 Å². The summed E-state index contributed by atoms with van der Waals surface area (Å²) in [6, 6.07) is 10.0. The molecule has 0 spiro atoms. The lowest BCUT2D eigenvalue weighted by atomic mass is 9.78. The molecule has 0 saturated carbocycles. The highest BCUT2D eigenvalue weighted by atomic mass is 15.2. The fraction of sp³-hybridized carbons (Fsp3) is 0.769. The summed E-state index contributed by atoms with van der Waals surface area (Å²) in [5.74, 6) is 2.62. The van der Waals surface area contributed by atoms with Gasteiger partial charge in [-0.05, 0) is 101 Å². The van der Waals surface area contributed by atoms with Crippen LogP contribution in [0.5, 0.6) is 0 Å². The second-order valence-corrected chi connectivity index (χ2v) is 9.29. The summed E-state index contributed by atoms with van der Waals surface area (Å²) in [5.41, 5.74) is 2.95. The molecule has 2 aliphatic heterocycles. The van der Waals surface area contributed by atoms with Gasteiger partial charge in [-0.2, -0.15) is 0 Å². The van der Waals surface area contributed by atoms with E-state index in [0.29, 0.717) is 5.92 Å². The number of piperidine rings is 2. The predicted octanol–water partition coefficient (Wildman–Crippen LogP) is 6.21. The van der Waals surface area contributed by atoms with Crippen LogP contribution in [0, 0.1) is 11.8 Å². The molecule has 2 fully saturated rings. The van der Waals surface area contributed by atoms with Crippen molar-refractivity contribution in [3.8, 4) is 0 Å². The van der Waals surface area contributed by atoms with Gasteiger partial charge in [0.25, 0.3) is 0 Å². The van der Waals surface area contributed by atoms with Crippen molar-refractivity contribution in [3.63, 3.8) is 0 Å². The Morgan fingerprint density at radius 3 is 1.75 bits per heavy atom. The molecule has 1 aromatic carbocycles. The van der Waals surface area contributed by atoms with Crippen LogP contribution in [0.15, 0.2) is 24.3 Å². The van der Waals surface area contributed by atoms with Crippen molar-refractivity contribution < 1.29 is 0 Å². The van der Waals surface area contributed by atoms with Crippen LogP contribution in [0.4, 0.5) is 0 Å². The zero-order valence-corrected chi connectivity index (χ0v) is 19.6. The Morgan fingerprint density at radius 1 is 0.786 bits per heavy atom. The third kappa shape index (κ3) is 6.88. The van der Waals surface area contributed by atoms with Crippen LogP contribution in [-0.4, -0.2) is 48.6 Å². The third-order valence-electron chi connectivity index (χ3n) is 6.97. The molecule has 0 unspecified atom stereocenters. The van der Waals surface area contributed by atoms with Crippen LogP contribution in [0.3, 0.4) is 0 Å². The molecule has 2 aliphatic rings. The number of hydrogen-bond donors (Lipinski definition) is 0. The Morgan fingerprint density at radius 2 is 1.29 bits per heavy atom. The molecule has 3 rings (SSSR count). The molecule has 0 aromatic heterocycles. The Balaban J connectivity index is 0.00000136. The van der Waals surface area contributed by atoms with Gasteiger partial charge in [-0.25, -0.2) is 0 Å². The molecule has 2 saturated heterocycles. The number of nitrogens with zero attached hydrogens (tertiary/aromatic N) is 2. The normalized spacial score (nSPS) is 20.4. The van der Waals surface area contributed by atoms with Crippen molar-refractivity contribution >= 4 is 0 Å². The van der Waals surface area contributed by atoms with E-state index in [0.717, 1.165) is 17.9 Å². The predicted molar refractivity (Wildman–Crippen MR) is 124 cm³/mol. The SMILES string of the molecule is CC.CC(C)c1ccc(CCN2CCC(C3CCN(C(C)C)CC3)CC2)cc1. The summed E-state index contributed by atoms with van der Waals surface area (Å²) < 4.78 is 0. The van der Waals surface area contributed by atoms with Gasteiger partial charge in [0.05, 0.1) is 0 Å². The van der Waals surface area contributed by atoms with Gasteiger partial charge in [-0.3, -0.25) is 0 Å². The van der Waals surface area contributed by atoms with E-state index in [4.69, 9.17) is 0 Å². The van der Waals surface area contributed by atoms with Crippen LogP contribution in [0.25, 0.3) is 0 Å². The minimum absolute atomic E-state index is 0.635. The topological polar surface area (TPSA) is 6.48 Å². The Kier molecular flexibility index (Phi) is 10.0. The maximum absolute atomic E-state index is 2.70. The zero-order valence-electron chi connectivity index (χ0n) is 19.6. The van der Waals surface area contributed by atoms with Crippen molar-refractivity contribution in [2.75, 3.05) is 32.7 Å². The lowest BCUT2D eigenvalue weighted by Gasteiger charge is -2.41. The lowest BCUT2D eigenvalue weighted by molar-refractivity contribution is 0.0842. The Bertz CT molecular complexity index is 518. The summed E-state index contributed by atoms with van der Waals surface area (Å²) >= 11 is 0. The fourth-order valence-electron chi connectivity index (χ4n) is 4.91. The van der Waals surface area contributed by atoms with Crippen LogP contribution in [0.2, 0.25) is 0 Å². The molecule has 160 valence electrons. The van der Waals surface area contributed by atoms with Crippen LogP contribution >= 0.6 is 0 Å².